The molecule has 33 heavy (non-hydrogen) atoms. The predicted octanol–water partition coefficient (Wildman–Crippen LogP) is 4.62. The van der Waals surface area contributed by atoms with Crippen molar-refractivity contribution in [3.05, 3.63) is 107 Å². The van der Waals surface area contributed by atoms with Gasteiger partial charge in [-0.25, -0.2) is 4.39 Å². The molecule has 4 aromatic rings. The summed E-state index contributed by atoms with van der Waals surface area (Å²) >= 11 is 1.27. The molecule has 0 aliphatic carbocycles. The van der Waals surface area contributed by atoms with Crippen molar-refractivity contribution in [2.75, 3.05) is 5.75 Å². The zero-order chi connectivity index (χ0) is 23.2. The lowest BCUT2D eigenvalue weighted by Gasteiger charge is -2.12. The topological polar surface area (TPSA) is 76.9 Å². The van der Waals surface area contributed by atoms with E-state index in [1.165, 1.54) is 30.0 Å². The minimum absolute atomic E-state index is 0.0196. The number of carbonyl (C=O) groups excluding carboxylic acids is 2. The Bertz CT molecular complexity index is 1290. The van der Waals surface area contributed by atoms with Crippen molar-refractivity contribution in [1.29, 1.82) is 0 Å². The summed E-state index contributed by atoms with van der Waals surface area (Å²) in [4.78, 5) is 25.0. The van der Waals surface area contributed by atoms with Crippen LogP contribution >= 0.6 is 11.8 Å². The third kappa shape index (κ3) is 5.35. The molecule has 6 nitrogen and oxygen atoms in total. The summed E-state index contributed by atoms with van der Waals surface area (Å²) in [6.07, 6.45) is 0. The summed E-state index contributed by atoms with van der Waals surface area (Å²) in [5.41, 5.74) is 2.44. The number of aromatic nitrogens is 3. The molecule has 1 aromatic heterocycles. The molecular weight excluding hydrogens is 439 g/mol. The molecular formula is C25H21FN4O2S. The summed E-state index contributed by atoms with van der Waals surface area (Å²) < 4.78 is 15.7. The number of hydrogen-bond donors (Lipinski definition) is 1. The van der Waals surface area contributed by atoms with E-state index in [2.05, 4.69) is 15.5 Å². The van der Waals surface area contributed by atoms with E-state index in [0.717, 1.165) is 11.3 Å². The minimum Gasteiger partial charge on any atom is -0.345 e. The van der Waals surface area contributed by atoms with Gasteiger partial charge in [-0.1, -0.05) is 66.4 Å². The zero-order valence-electron chi connectivity index (χ0n) is 17.9. The molecule has 1 amide bonds. The highest BCUT2D eigenvalue weighted by molar-refractivity contribution is 7.99. The Balaban J connectivity index is 1.57. The van der Waals surface area contributed by atoms with Gasteiger partial charge in [0.25, 0.3) is 5.91 Å². The van der Waals surface area contributed by atoms with Crippen molar-refractivity contribution in [3.8, 4) is 5.69 Å². The molecule has 0 saturated heterocycles. The van der Waals surface area contributed by atoms with Crippen molar-refractivity contribution in [3.63, 3.8) is 0 Å². The lowest BCUT2D eigenvalue weighted by Crippen LogP contribution is -2.25. The van der Waals surface area contributed by atoms with Crippen LogP contribution in [-0.2, 0) is 6.54 Å². The van der Waals surface area contributed by atoms with Crippen LogP contribution in [0.2, 0.25) is 0 Å². The van der Waals surface area contributed by atoms with Crippen molar-refractivity contribution >= 4 is 23.5 Å². The van der Waals surface area contributed by atoms with E-state index in [4.69, 9.17) is 0 Å². The van der Waals surface area contributed by atoms with Crippen LogP contribution in [0.5, 0.6) is 0 Å². The number of halogens is 1. The van der Waals surface area contributed by atoms with Gasteiger partial charge in [0.05, 0.1) is 17.9 Å². The van der Waals surface area contributed by atoms with Crippen LogP contribution < -0.4 is 5.32 Å². The SMILES string of the molecule is Cc1cccc(-n2c(CNC(=O)c3ccccc3F)nnc2SCC(=O)c2ccccc2)c1. The van der Waals surface area contributed by atoms with Gasteiger partial charge in [0.1, 0.15) is 5.82 Å². The minimum atomic E-state index is -0.592. The molecule has 166 valence electrons. The van der Waals surface area contributed by atoms with E-state index in [1.54, 1.807) is 22.8 Å². The molecule has 0 bridgehead atoms. The number of amides is 1. The first kappa shape index (κ1) is 22.4. The fourth-order valence-corrected chi connectivity index (χ4v) is 4.14. The predicted molar refractivity (Wildman–Crippen MR) is 125 cm³/mol. The summed E-state index contributed by atoms with van der Waals surface area (Å²) in [7, 11) is 0. The Morgan fingerprint density at radius 2 is 1.73 bits per heavy atom. The number of benzene rings is 3. The molecule has 0 atom stereocenters. The number of thioether (sulfide) groups is 1. The second kappa shape index (κ2) is 10.2. The van der Waals surface area contributed by atoms with E-state index in [9.17, 15) is 14.0 Å². The number of ketones is 1. The second-order valence-corrected chi connectivity index (χ2v) is 8.26. The van der Waals surface area contributed by atoms with Crippen molar-refractivity contribution < 1.29 is 14.0 Å². The molecule has 3 aromatic carbocycles. The van der Waals surface area contributed by atoms with Crippen LogP contribution in [-0.4, -0.2) is 32.2 Å². The van der Waals surface area contributed by atoms with Crippen LogP contribution in [0.4, 0.5) is 4.39 Å². The van der Waals surface area contributed by atoms with Gasteiger partial charge in [-0.15, -0.1) is 10.2 Å². The van der Waals surface area contributed by atoms with Gasteiger partial charge in [-0.2, -0.15) is 0 Å². The lowest BCUT2D eigenvalue weighted by molar-refractivity contribution is 0.0944. The zero-order valence-corrected chi connectivity index (χ0v) is 18.7. The maximum absolute atomic E-state index is 13.9. The Kier molecular flexibility index (Phi) is 6.95. The fourth-order valence-electron chi connectivity index (χ4n) is 3.27. The number of Topliss-reactive ketones (excluding diaryl/α,β-unsaturated/α-hetero) is 1. The Labute approximate surface area is 194 Å². The van der Waals surface area contributed by atoms with Crippen LogP contribution in [0, 0.1) is 12.7 Å². The molecule has 1 heterocycles. The molecule has 4 rings (SSSR count). The number of rotatable bonds is 8. The molecule has 0 aliphatic heterocycles. The number of hydrogen-bond acceptors (Lipinski definition) is 5. The standard InChI is InChI=1S/C25H21FN4O2S/c1-17-8-7-11-19(14-17)30-23(15-27-24(32)20-12-5-6-13-21(20)26)28-29-25(30)33-16-22(31)18-9-3-2-4-10-18/h2-14H,15-16H2,1H3,(H,27,32). The lowest BCUT2D eigenvalue weighted by atomic mass is 10.2. The molecule has 8 heteroatoms. The fraction of sp³-hybridized carbons (Fsp3) is 0.120. The summed E-state index contributed by atoms with van der Waals surface area (Å²) in [6.45, 7) is 2.01. The van der Waals surface area contributed by atoms with Gasteiger partial charge in [-0.05, 0) is 36.8 Å². The van der Waals surface area contributed by atoms with Crippen LogP contribution in [0.25, 0.3) is 5.69 Å². The smallest absolute Gasteiger partial charge is 0.254 e. The summed E-state index contributed by atoms with van der Waals surface area (Å²) in [5, 5.41) is 11.7. The normalized spacial score (nSPS) is 10.7. The third-order valence-corrected chi connectivity index (χ3v) is 5.84. The first-order valence-electron chi connectivity index (χ1n) is 10.3. The molecule has 0 saturated carbocycles. The number of nitrogens with one attached hydrogen (secondary N) is 1. The third-order valence-electron chi connectivity index (χ3n) is 4.91. The molecule has 0 fully saturated rings. The summed E-state index contributed by atoms with van der Waals surface area (Å²) in [6, 6.07) is 22.6. The van der Waals surface area contributed by atoms with E-state index in [1.807, 2.05) is 49.4 Å². The monoisotopic (exact) mass is 460 g/mol. The molecule has 1 N–H and O–H groups in total. The number of aryl methyl sites for hydroxylation is 1. The van der Waals surface area contributed by atoms with E-state index in [0.29, 0.717) is 16.5 Å². The van der Waals surface area contributed by atoms with Gasteiger partial charge >= 0.3 is 0 Å². The first-order valence-corrected chi connectivity index (χ1v) is 11.3. The number of nitrogens with zero attached hydrogens (tertiary/aromatic N) is 3. The summed E-state index contributed by atoms with van der Waals surface area (Å²) in [5.74, 6) is -0.491. The van der Waals surface area contributed by atoms with Crippen LogP contribution in [0.15, 0.2) is 84.0 Å². The molecule has 0 radical (unpaired) electrons. The van der Waals surface area contributed by atoms with E-state index >= 15 is 0 Å². The average molecular weight is 461 g/mol. The quantitative estimate of drug-likeness (QED) is 0.307. The Hall–Kier alpha value is -3.78. The Morgan fingerprint density at radius 1 is 0.970 bits per heavy atom. The van der Waals surface area contributed by atoms with Gasteiger partial charge in [-0.3, -0.25) is 14.2 Å². The molecule has 0 spiro atoms. The number of carbonyl (C=O) groups is 2. The van der Waals surface area contributed by atoms with Gasteiger partial charge in [0.2, 0.25) is 0 Å². The van der Waals surface area contributed by atoms with Crippen molar-refractivity contribution in [1.82, 2.24) is 20.1 Å². The van der Waals surface area contributed by atoms with Crippen LogP contribution in [0.3, 0.4) is 0 Å². The van der Waals surface area contributed by atoms with Crippen LogP contribution in [0.1, 0.15) is 32.1 Å². The second-order valence-electron chi connectivity index (χ2n) is 7.31. The average Bonchev–Trinajstić information content (AvgIpc) is 3.24. The van der Waals surface area contributed by atoms with Crippen molar-refractivity contribution in [2.45, 2.75) is 18.6 Å². The highest BCUT2D eigenvalue weighted by Crippen LogP contribution is 2.24. The highest BCUT2D eigenvalue weighted by Gasteiger charge is 2.18. The van der Waals surface area contributed by atoms with Gasteiger partial charge in [0, 0.05) is 11.3 Å². The molecule has 0 unspecified atom stereocenters. The highest BCUT2D eigenvalue weighted by atomic mass is 32.2. The molecule has 0 aliphatic rings. The van der Waals surface area contributed by atoms with Gasteiger partial charge in [0.15, 0.2) is 16.8 Å². The largest absolute Gasteiger partial charge is 0.345 e. The maximum Gasteiger partial charge on any atom is 0.254 e. The Morgan fingerprint density at radius 3 is 2.48 bits per heavy atom. The van der Waals surface area contributed by atoms with Crippen molar-refractivity contribution in [2.24, 2.45) is 0 Å². The van der Waals surface area contributed by atoms with E-state index < -0.39 is 11.7 Å². The first-order chi connectivity index (χ1) is 16.0. The van der Waals surface area contributed by atoms with E-state index in [-0.39, 0.29) is 23.6 Å². The maximum atomic E-state index is 13.9. The van der Waals surface area contributed by atoms with Gasteiger partial charge < -0.3 is 5.32 Å².